The van der Waals surface area contributed by atoms with Gasteiger partial charge in [0, 0.05) is 14.6 Å². The lowest BCUT2D eigenvalue weighted by molar-refractivity contribution is 0.604. The molecule has 2 aromatic heterocycles. The average Bonchev–Trinajstić information content (AvgIpc) is 2.89. The van der Waals surface area contributed by atoms with Crippen LogP contribution in [0.1, 0.15) is 47.0 Å². The Morgan fingerprint density at radius 3 is 2.33 bits per heavy atom. The summed E-state index contributed by atoms with van der Waals surface area (Å²) in [7, 11) is 2.04. The summed E-state index contributed by atoms with van der Waals surface area (Å²) in [4.78, 5) is 4.29. The lowest BCUT2D eigenvalue weighted by Gasteiger charge is -2.17. The molecule has 0 aliphatic carbocycles. The highest BCUT2D eigenvalue weighted by Crippen LogP contribution is 2.36. The minimum Gasteiger partial charge on any atom is -0.308 e. The van der Waals surface area contributed by atoms with Crippen molar-refractivity contribution in [3.63, 3.8) is 0 Å². The molecule has 0 amide bonds. The maximum absolute atomic E-state index is 3.45. The van der Waals surface area contributed by atoms with Crippen LogP contribution in [-0.2, 0) is 5.41 Å². The Balaban J connectivity index is 2.35. The average molecular weight is 279 g/mol. The summed E-state index contributed by atoms with van der Waals surface area (Å²) < 4.78 is 0. The summed E-state index contributed by atoms with van der Waals surface area (Å²) >= 11 is 3.76. The Hall–Kier alpha value is -0.640. The molecule has 1 N–H and O–H groups in total. The van der Waals surface area contributed by atoms with Gasteiger partial charge in [0.2, 0.25) is 0 Å². The van der Waals surface area contributed by atoms with Gasteiger partial charge in [0.05, 0.1) is 6.04 Å². The molecule has 0 saturated heterocycles. The van der Waals surface area contributed by atoms with Gasteiger partial charge in [-0.3, -0.25) is 0 Å². The molecule has 3 heteroatoms. The van der Waals surface area contributed by atoms with E-state index in [1.165, 1.54) is 20.2 Å². The quantitative estimate of drug-likeness (QED) is 0.857. The van der Waals surface area contributed by atoms with E-state index in [1.54, 1.807) is 0 Å². The highest BCUT2D eigenvalue weighted by Gasteiger charge is 2.21. The van der Waals surface area contributed by atoms with Crippen LogP contribution in [0.2, 0.25) is 0 Å². The summed E-state index contributed by atoms with van der Waals surface area (Å²) in [6.45, 7) is 9.00. The van der Waals surface area contributed by atoms with E-state index in [0.717, 1.165) is 0 Å². The molecule has 0 radical (unpaired) electrons. The van der Waals surface area contributed by atoms with Gasteiger partial charge in [0.1, 0.15) is 0 Å². The van der Waals surface area contributed by atoms with Crippen molar-refractivity contribution in [2.24, 2.45) is 0 Å². The molecule has 0 saturated carbocycles. The van der Waals surface area contributed by atoms with E-state index in [2.05, 4.69) is 56.6 Å². The van der Waals surface area contributed by atoms with Gasteiger partial charge >= 0.3 is 0 Å². The van der Waals surface area contributed by atoms with Crippen LogP contribution in [0.15, 0.2) is 23.6 Å². The normalized spacial score (nSPS) is 13.8. The van der Waals surface area contributed by atoms with Gasteiger partial charge < -0.3 is 5.32 Å². The van der Waals surface area contributed by atoms with Gasteiger partial charge in [-0.2, -0.15) is 0 Å². The largest absolute Gasteiger partial charge is 0.308 e. The number of hydrogen-bond donors (Lipinski definition) is 1. The molecule has 0 fully saturated rings. The number of aryl methyl sites for hydroxylation is 1. The maximum Gasteiger partial charge on any atom is 0.0765 e. The van der Waals surface area contributed by atoms with E-state index in [4.69, 9.17) is 0 Å². The second-order valence-corrected chi connectivity index (χ2v) is 7.70. The molecule has 98 valence electrons. The first-order valence-corrected chi connectivity index (χ1v) is 7.94. The zero-order valence-electron chi connectivity index (χ0n) is 11.7. The third kappa shape index (κ3) is 2.68. The second kappa shape index (κ2) is 5.16. The van der Waals surface area contributed by atoms with Gasteiger partial charge in [0.15, 0.2) is 0 Å². The van der Waals surface area contributed by atoms with Crippen molar-refractivity contribution in [2.75, 3.05) is 7.05 Å². The van der Waals surface area contributed by atoms with Crippen LogP contribution in [-0.4, -0.2) is 7.05 Å². The Morgan fingerprint density at radius 2 is 1.89 bits per heavy atom. The van der Waals surface area contributed by atoms with Crippen LogP contribution in [0.25, 0.3) is 0 Å². The van der Waals surface area contributed by atoms with Gasteiger partial charge in [0.25, 0.3) is 0 Å². The fourth-order valence-electron chi connectivity index (χ4n) is 1.99. The SMILES string of the molecule is CNC(c1ccc(C(C)(C)C)s1)c1sccc1C. The molecule has 0 aliphatic heterocycles. The third-order valence-electron chi connectivity index (χ3n) is 3.10. The van der Waals surface area contributed by atoms with Crippen molar-refractivity contribution < 1.29 is 0 Å². The summed E-state index contributed by atoms with van der Waals surface area (Å²) in [5, 5.41) is 5.62. The zero-order valence-corrected chi connectivity index (χ0v) is 13.3. The van der Waals surface area contributed by atoms with Crippen LogP contribution >= 0.6 is 22.7 Å². The van der Waals surface area contributed by atoms with Crippen molar-refractivity contribution >= 4 is 22.7 Å². The minimum absolute atomic E-state index is 0.242. The smallest absolute Gasteiger partial charge is 0.0765 e. The molecule has 2 rings (SSSR count). The van der Waals surface area contributed by atoms with Crippen molar-refractivity contribution in [3.05, 3.63) is 43.8 Å². The lowest BCUT2D eigenvalue weighted by Crippen LogP contribution is -2.16. The fourth-order valence-corrected chi connectivity index (χ4v) is 4.31. The van der Waals surface area contributed by atoms with Crippen LogP contribution in [0, 0.1) is 6.92 Å². The standard InChI is InChI=1S/C15H21NS2/c1-10-8-9-17-14(10)13(16-5)11-6-7-12(18-11)15(2,3)4/h6-9,13,16H,1-5H3. The van der Waals surface area contributed by atoms with Crippen molar-refractivity contribution in [2.45, 2.75) is 39.2 Å². The van der Waals surface area contributed by atoms with Crippen LogP contribution in [0.3, 0.4) is 0 Å². The summed E-state index contributed by atoms with van der Waals surface area (Å²) in [6, 6.07) is 7.08. The van der Waals surface area contributed by atoms with Crippen LogP contribution in [0.5, 0.6) is 0 Å². The Morgan fingerprint density at radius 1 is 1.17 bits per heavy atom. The molecule has 2 aromatic rings. The zero-order chi connectivity index (χ0) is 13.3. The fraction of sp³-hybridized carbons (Fsp3) is 0.467. The van der Waals surface area contributed by atoms with E-state index < -0.39 is 0 Å². The first kappa shape index (κ1) is 13.8. The van der Waals surface area contributed by atoms with E-state index in [1.807, 2.05) is 29.7 Å². The Bertz CT molecular complexity index is 517. The number of rotatable bonds is 3. The third-order valence-corrected chi connectivity index (χ3v) is 5.76. The summed E-state index contributed by atoms with van der Waals surface area (Å²) in [6.07, 6.45) is 0. The maximum atomic E-state index is 3.45. The van der Waals surface area contributed by atoms with Gasteiger partial charge in [-0.15, -0.1) is 22.7 Å². The van der Waals surface area contributed by atoms with Crippen molar-refractivity contribution in [3.8, 4) is 0 Å². The number of nitrogens with one attached hydrogen (secondary N) is 1. The van der Waals surface area contributed by atoms with Crippen molar-refractivity contribution in [1.29, 1.82) is 0 Å². The van der Waals surface area contributed by atoms with E-state index in [9.17, 15) is 0 Å². The van der Waals surface area contributed by atoms with Crippen molar-refractivity contribution in [1.82, 2.24) is 5.32 Å². The highest BCUT2D eigenvalue weighted by atomic mass is 32.1. The predicted octanol–water partition coefficient (Wildman–Crippen LogP) is 4.72. The molecule has 0 spiro atoms. The topological polar surface area (TPSA) is 12.0 Å². The molecule has 1 unspecified atom stereocenters. The monoisotopic (exact) mass is 279 g/mol. The number of thiophene rings is 2. The molecule has 0 aliphatic rings. The molecular weight excluding hydrogens is 258 g/mol. The van der Waals surface area contributed by atoms with E-state index >= 15 is 0 Å². The van der Waals surface area contributed by atoms with Crippen LogP contribution in [0.4, 0.5) is 0 Å². The van der Waals surface area contributed by atoms with E-state index in [-0.39, 0.29) is 5.41 Å². The minimum atomic E-state index is 0.242. The van der Waals surface area contributed by atoms with Gasteiger partial charge in [-0.05, 0) is 48.5 Å². The molecular formula is C15H21NS2. The molecule has 0 bridgehead atoms. The second-order valence-electron chi connectivity index (χ2n) is 5.64. The number of hydrogen-bond acceptors (Lipinski definition) is 3. The highest BCUT2D eigenvalue weighted by molar-refractivity contribution is 7.13. The molecule has 18 heavy (non-hydrogen) atoms. The first-order valence-electron chi connectivity index (χ1n) is 6.25. The molecule has 0 aromatic carbocycles. The molecule has 1 atom stereocenters. The summed E-state index contributed by atoms with van der Waals surface area (Å²) in [5.74, 6) is 0. The van der Waals surface area contributed by atoms with Gasteiger partial charge in [-0.25, -0.2) is 0 Å². The van der Waals surface area contributed by atoms with E-state index in [0.29, 0.717) is 6.04 Å². The summed E-state index contributed by atoms with van der Waals surface area (Å²) in [5.41, 5.74) is 1.62. The van der Waals surface area contributed by atoms with Crippen LogP contribution < -0.4 is 5.32 Å². The predicted molar refractivity (Wildman–Crippen MR) is 83.0 cm³/mol. The molecule has 2 heterocycles. The lowest BCUT2D eigenvalue weighted by atomic mass is 9.95. The first-order chi connectivity index (χ1) is 8.43. The molecule has 1 nitrogen and oxygen atoms in total. The van der Waals surface area contributed by atoms with Gasteiger partial charge in [-0.1, -0.05) is 20.8 Å². The Labute approximate surface area is 118 Å². The Kier molecular flexibility index (Phi) is 3.95.